The number of nitrogens with zero attached hydrogens (tertiary/aromatic N) is 2. The van der Waals surface area contributed by atoms with Crippen LogP contribution in [0.4, 0.5) is 11.4 Å². The second-order valence-electron chi connectivity index (χ2n) is 3.92. The van der Waals surface area contributed by atoms with Gasteiger partial charge in [0.2, 0.25) is 0 Å². The van der Waals surface area contributed by atoms with Gasteiger partial charge in [-0.25, -0.2) is 4.79 Å². The predicted octanol–water partition coefficient (Wildman–Crippen LogP) is 1.50. The molecule has 0 atom stereocenters. The highest BCUT2D eigenvalue weighted by Crippen LogP contribution is 2.25. The van der Waals surface area contributed by atoms with E-state index in [-0.39, 0.29) is 17.9 Å². The molecule has 1 aromatic carbocycles. The van der Waals surface area contributed by atoms with E-state index in [9.17, 15) is 14.9 Å². The lowest BCUT2D eigenvalue weighted by molar-refractivity contribution is -0.384. The van der Waals surface area contributed by atoms with Crippen LogP contribution in [0.25, 0.3) is 0 Å². The highest BCUT2D eigenvalue weighted by molar-refractivity contribution is 5.95. The van der Waals surface area contributed by atoms with E-state index in [0.717, 1.165) is 6.07 Å². The first-order chi connectivity index (χ1) is 9.01. The maximum absolute atomic E-state index is 11.2. The molecule has 0 aliphatic rings. The van der Waals surface area contributed by atoms with Crippen molar-refractivity contribution in [1.29, 1.82) is 0 Å². The SMILES string of the molecule is CCN(CCCO)c1ccc([N+](=O)[O-])cc1C(=O)O. The molecule has 0 unspecified atom stereocenters. The summed E-state index contributed by atoms with van der Waals surface area (Å²) in [7, 11) is 0. The van der Waals surface area contributed by atoms with E-state index in [1.54, 1.807) is 4.90 Å². The minimum Gasteiger partial charge on any atom is -0.478 e. The molecule has 0 saturated heterocycles. The molecule has 0 saturated carbocycles. The Morgan fingerprint density at radius 3 is 2.63 bits per heavy atom. The Morgan fingerprint density at radius 1 is 1.47 bits per heavy atom. The maximum Gasteiger partial charge on any atom is 0.338 e. The number of carboxylic acid groups (broad SMARTS) is 1. The molecule has 0 radical (unpaired) electrons. The van der Waals surface area contributed by atoms with Gasteiger partial charge in [0.05, 0.1) is 16.2 Å². The summed E-state index contributed by atoms with van der Waals surface area (Å²) in [6.07, 6.45) is 0.504. The third kappa shape index (κ3) is 3.65. The van der Waals surface area contributed by atoms with Gasteiger partial charge in [0.15, 0.2) is 0 Å². The van der Waals surface area contributed by atoms with Crippen LogP contribution in [-0.2, 0) is 0 Å². The summed E-state index contributed by atoms with van der Waals surface area (Å²) in [5, 5.41) is 28.6. The van der Waals surface area contributed by atoms with Crippen LogP contribution in [0.2, 0.25) is 0 Å². The average molecular weight is 268 g/mol. The molecule has 7 heteroatoms. The molecule has 1 aromatic rings. The van der Waals surface area contributed by atoms with E-state index in [1.807, 2.05) is 6.92 Å². The van der Waals surface area contributed by atoms with Crippen molar-refractivity contribution in [1.82, 2.24) is 0 Å². The van der Waals surface area contributed by atoms with Crippen LogP contribution >= 0.6 is 0 Å². The zero-order chi connectivity index (χ0) is 14.4. The number of anilines is 1. The van der Waals surface area contributed by atoms with Gasteiger partial charge in [-0.3, -0.25) is 10.1 Å². The summed E-state index contributed by atoms with van der Waals surface area (Å²) in [6.45, 7) is 2.90. The minimum atomic E-state index is -1.21. The van der Waals surface area contributed by atoms with Gasteiger partial charge in [0.1, 0.15) is 0 Å². The molecule has 0 bridgehead atoms. The lowest BCUT2D eigenvalue weighted by atomic mass is 10.1. The quantitative estimate of drug-likeness (QED) is 0.573. The number of hydrogen-bond acceptors (Lipinski definition) is 5. The first kappa shape index (κ1) is 14.9. The standard InChI is InChI=1S/C12H16N2O5/c1-2-13(6-3-7-15)11-5-4-9(14(18)19)8-10(11)12(16)17/h4-5,8,15H,2-3,6-7H2,1H3,(H,16,17). The number of benzene rings is 1. The van der Waals surface area contributed by atoms with Crippen LogP contribution < -0.4 is 4.90 Å². The zero-order valence-electron chi connectivity index (χ0n) is 10.6. The number of aliphatic hydroxyl groups excluding tert-OH is 1. The molecule has 7 nitrogen and oxygen atoms in total. The molecule has 0 heterocycles. The Morgan fingerprint density at radius 2 is 2.16 bits per heavy atom. The van der Waals surface area contributed by atoms with Gasteiger partial charge in [-0.1, -0.05) is 0 Å². The second-order valence-corrected chi connectivity index (χ2v) is 3.92. The number of aromatic carboxylic acids is 1. The number of hydrogen-bond donors (Lipinski definition) is 2. The second kappa shape index (κ2) is 6.69. The number of rotatable bonds is 7. The van der Waals surface area contributed by atoms with E-state index in [2.05, 4.69) is 0 Å². The lowest BCUT2D eigenvalue weighted by Crippen LogP contribution is -2.26. The van der Waals surface area contributed by atoms with E-state index in [1.165, 1.54) is 12.1 Å². The van der Waals surface area contributed by atoms with E-state index in [4.69, 9.17) is 10.2 Å². The predicted molar refractivity (Wildman–Crippen MR) is 69.6 cm³/mol. The highest BCUT2D eigenvalue weighted by atomic mass is 16.6. The van der Waals surface area contributed by atoms with Crippen LogP contribution in [-0.4, -0.2) is 40.8 Å². The first-order valence-corrected chi connectivity index (χ1v) is 5.88. The molecule has 0 fully saturated rings. The van der Waals surface area contributed by atoms with Crippen LogP contribution in [0.5, 0.6) is 0 Å². The van der Waals surface area contributed by atoms with Crippen molar-refractivity contribution in [2.24, 2.45) is 0 Å². The van der Waals surface area contributed by atoms with Crippen molar-refractivity contribution in [3.05, 3.63) is 33.9 Å². The largest absolute Gasteiger partial charge is 0.478 e. The Kier molecular flexibility index (Phi) is 5.25. The Bertz CT molecular complexity index is 475. The number of aliphatic hydroxyl groups is 1. The minimum absolute atomic E-state index is 0.00584. The van der Waals surface area contributed by atoms with Gasteiger partial charge in [0.25, 0.3) is 5.69 Å². The topological polar surface area (TPSA) is 104 Å². The third-order valence-electron chi connectivity index (χ3n) is 2.73. The molecular weight excluding hydrogens is 252 g/mol. The number of nitro benzene ring substituents is 1. The van der Waals surface area contributed by atoms with Crippen molar-refractivity contribution in [2.75, 3.05) is 24.6 Å². The Labute approximate surface area is 110 Å². The fourth-order valence-corrected chi connectivity index (χ4v) is 1.80. The maximum atomic E-state index is 11.2. The van der Waals surface area contributed by atoms with Crippen molar-refractivity contribution in [2.45, 2.75) is 13.3 Å². The van der Waals surface area contributed by atoms with Crippen LogP contribution in [0.15, 0.2) is 18.2 Å². The molecule has 0 aliphatic heterocycles. The van der Waals surface area contributed by atoms with Gasteiger partial charge in [-0.15, -0.1) is 0 Å². The van der Waals surface area contributed by atoms with Gasteiger partial charge in [0, 0.05) is 31.8 Å². The van der Waals surface area contributed by atoms with Gasteiger partial charge in [-0.05, 0) is 19.4 Å². The van der Waals surface area contributed by atoms with Crippen LogP contribution in [0.3, 0.4) is 0 Å². The van der Waals surface area contributed by atoms with Crippen LogP contribution in [0, 0.1) is 10.1 Å². The summed E-state index contributed by atoms with van der Waals surface area (Å²) in [5.74, 6) is -1.21. The van der Waals surface area contributed by atoms with E-state index >= 15 is 0 Å². The van der Waals surface area contributed by atoms with Crippen molar-refractivity contribution < 1.29 is 19.9 Å². The number of non-ortho nitro benzene ring substituents is 1. The van der Waals surface area contributed by atoms with Gasteiger partial charge in [-0.2, -0.15) is 0 Å². The Balaban J connectivity index is 3.17. The van der Waals surface area contributed by atoms with E-state index < -0.39 is 10.9 Å². The average Bonchev–Trinajstić information content (AvgIpc) is 2.39. The first-order valence-electron chi connectivity index (χ1n) is 5.88. The molecule has 104 valence electrons. The molecule has 0 spiro atoms. The summed E-state index contributed by atoms with van der Waals surface area (Å²) < 4.78 is 0. The molecule has 0 aromatic heterocycles. The molecule has 0 aliphatic carbocycles. The van der Waals surface area contributed by atoms with E-state index in [0.29, 0.717) is 25.2 Å². The van der Waals surface area contributed by atoms with Gasteiger partial charge < -0.3 is 15.1 Å². The number of carbonyl (C=O) groups is 1. The normalized spacial score (nSPS) is 10.2. The molecule has 1 rings (SSSR count). The third-order valence-corrected chi connectivity index (χ3v) is 2.73. The highest BCUT2D eigenvalue weighted by Gasteiger charge is 2.19. The molecule has 2 N–H and O–H groups in total. The molecule has 0 amide bonds. The van der Waals surface area contributed by atoms with Gasteiger partial charge >= 0.3 is 5.97 Å². The van der Waals surface area contributed by atoms with Crippen molar-refractivity contribution >= 4 is 17.3 Å². The van der Waals surface area contributed by atoms with Crippen molar-refractivity contribution in [3.63, 3.8) is 0 Å². The summed E-state index contributed by atoms with van der Waals surface area (Å²) in [6, 6.07) is 3.77. The summed E-state index contributed by atoms with van der Waals surface area (Å²) >= 11 is 0. The Hall–Kier alpha value is -2.15. The smallest absolute Gasteiger partial charge is 0.338 e. The fourth-order valence-electron chi connectivity index (χ4n) is 1.80. The monoisotopic (exact) mass is 268 g/mol. The van der Waals surface area contributed by atoms with Crippen LogP contribution in [0.1, 0.15) is 23.7 Å². The molecule has 19 heavy (non-hydrogen) atoms. The van der Waals surface area contributed by atoms with Crippen molar-refractivity contribution in [3.8, 4) is 0 Å². The summed E-state index contributed by atoms with van der Waals surface area (Å²) in [5.41, 5.74) is 0.0717. The number of nitro groups is 1. The molecular formula is C12H16N2O5. The number of carboxylic acids is 1. The lowest BCUT2D eigenvalue weighted by Gasteiger charge is -2.24. The zero-order valence-corrected chi connectivity index (χ0v) is 10.6. The fraction of sp³-hybridized carbons (Fsp3) is 0.417. The summed E-state index contributed by atoms with van der Waals surface area (Å²) in [4.78, 5) is 23.0.